The highest BCUT2D eigenvalue weighted by atomic mass is 35.5. The van der Waals surface area contributed by atoms with Crippen molar-refractivity contribution in [3.8, 4) is 0 Å². The molecule has 3 rings (SSSR count). The van der Waals surface area contributed by atoms with Gasteiger partial charge in [0.05, 0.1) is 17.3 Å². The lowest BCUT2D eigenvalue weighted by Crippen LogP contribution is -2.37. The summed E-state index contributed by atoms with van der Waals surface area (Å²) >= 11 is 6.22. The van der Waals surface area contributed by atoms with Gasteiger partial charge >= 0.3 is 0 Å². The Morgan fingerprint density at radius 2 is 2.25 bits per heavy atom. The summed E-state index contributed by atoms with van der Waals surface area (Å²) < 4.78 is 1.51. The average Bonchev–Trinajstić information content (AvgIpc) is 2.90. The van der Waals surface area contributed by atoms with Crippen molar-refractivity contribution in [1.29, 1.82) is 0 Å². The first-order chi connectivity index (χ1) is 9.75. The predicted molar refractivity (Wildman–Crippen MR) is 78.1 cm³/mol. The van der Waals surface area contributed by atoms with E-state index in [0.29, 0.717) is 11.6 Å². The largest absolute Gasteiger partial charge is 0.365 e. The number of halogens is 1. The van der Waals surface area contributed by atoms with Gasteiger partial charge in [-0.1, -0.05) is 11.6 Å². The third-order valence-electron chi connectivity index (χ3n) is 3.61. The summed E-state index contributed by atoms with van der Waals surface area (Å²) in [6.07, 6.45) is 7.15. The summed E-state index contributed by atoms with van der Waals surface area (Å²) in [5.41, 5.74) is 0.910. The van der Waals surface area contributed by atoms with Crippen LogP contribution in [0.5, 0.6) is 0 Å². The number of aromatic nitrogens is 3. The summed E-state index contributed by atoms with van der Waals surface area (Å²) in [7, 11) is 0. The minimum atomic E-state index is -0.0693. The molecule has 1 saturated heterocycles. The van der Waals surface area contributed by atoms with Crippen LogP contribution in [0.2, 0.25) is 5.02 Å². The molecule has 2 aromatic heterocycles. The molecule has 0 bridgehead atoms. The van der Waals surface area contributed by atoms with Crippen LogP contribution in [0.15, 0.2) is 41.6 Å². The third-order valence-corrected chi connectivity index (χ3v) is 3.90. The van der Waals surface area contributed by atoms with Crippen LogP contribution in [0.1, 0.15) is 12.8 Å². The fourth-order valence-corrected chi connectivity index (χ4v) is 2.90. The van der Waals surface area contributed by atoms with Crippen molar-refractivity contribution < 1.29 is 0 Å². The summed E-state index contributed by atoms with van der Waals surface area (Å²) in [4.78, 5) is 18.0. The molecule has 1 atom stereocenters. The summed E-state index contributed by atoms with van der Waals surface area (Å²) in [5, 5.41) is 4.77. The smallest absolute Gasteiger partial charge is 0.266 e. The SMILES string of the molecule is O=c1cccnn1CC1CCCN1c1ccncc1Cl. The van der Waals surface area contributed by atoms with E-state index in [9.17, 15) is 4.79 Å². The summed E-state index contributed by atoms with van der Waals surface area (Å²) in [6, 6.07) is 5.35. The van der Waals surface area contributed by atoms with Crippen LogP contribution in [0.3, 0.4) is 0 Å². The molecule has 0 saturated carbocycles. The number of hydrogen-bond donors (Lipinski definition) is 0. The van der Waals surface area contributed by atoms with E-state index in [1.54, 1.807) is 24.7 Å². The zero-order valence-electron chi connectivity index (χ0n) is 10.9. The zero-order valence-corrected chi connectivity index (χ0v) is 11.7. The average molecular weight is 291 g/mol. The maximum Gasteiger partial charge on any atom is 0.266 e. The van der Waals surface area contributed by atoms with E-state index < -0.39 is 0 Å². The topological polar surface area (TPSA) is 51.0 Å². The molecule has 2 aromatic rings. The molecule has 1 aliphatic rings. The third kappa shape index (κ3) is 2.54. The lowest BCUT2D eigenvalue weighted by molar-refractivity contribution is 0.488. The zero-order chi connectivity index (χ0) is 13.9. The normalized spacial score (nSPS) is 18.4. The maximum atomic E-state index is 11.8. The van der Waals surface area contributed by atoms with Gasteiger partial charge in [-0.3, -0.25) is 9.78 Å². The van der Waals surface area contributed by atoms with Crippen LogP contribution in [-0.4, -0.2) is 27.4 Å². The summed E-state index contributed by atoms with van der Waals surface area (Å²) in [5.74, 6) is 0. The van der Waals surface area contributed by atoms with Gasteiger partial charge in [0, 0.05) is 37.2 Å². The fourth-order valence-electron chi connectivity index (χ4n) is 2.67. The maximum absolute atomic E-state index is 11.8. The highest BCUT2D eigenvalue weighted by molar-refractivity contribution is 6.33. The fraction of sp³-hybridized carbons (Fsp3) is 0.357. The van der Waals surface area contributed by atoms with Crippen LogP contribution in [0, 0.1) is 0 Å². The Morgan fingerprint density at radius 3 is 3.05 bits per heavy atom. The quantitative estimate of drug-likeness (QED) is 0.867. The Hall–Kier alpha value is -1.88. The van der Waals surface area contributed by atoms with Gasteiger partial charge in [0.2, 0.25) is 0 Å². The van der Waals surface area contributed by atoms with E-state index >= 15 is 0 Å². The van der Waals surface area contributed by atoms with Gasteiger partial charge in [0.15, 0.2) is 0 Å². The van der Waals surface area contributed by atoms with Gasteiger partial charge in [-0.2, -0.15) is 5.10 Å². The number of nitrogens with zero attached hydrogens (tertiary/aromatic N) is 4. The molecule has 1 unspecified atom stereocenters. The van der Waals surface area contributed by atoms with Crippen molar-refractivity contribution in [1.82, 2.24) is 14.8 Å². The van der Waals surface area contributed by atoms with Crippen molar-refractivity contribution in [3.63, 3.8) is 0 Å². The monoisotopic (exact) mass is 290 g/mol. The highest BCUT2D eigenvalue weighted by Gasteiger charge is 2.26. The highest BCUT2D eigenvalue weighted by Crippen LogP contribution is 2.31. The number of anilines is 1. The van der Waals surface area contributed by atoms with Gasteiger partial charge in [0.25, 0.3) is 5.56 Å². The van der Waals surface area contributed by atoms with Crippen molar-refractivity contribution >= 4 is 17.3 Å². The van der Waals surface area contributed by atoms with E-state index in [4.69, 9.17) is 11.6 Å². The predicted octanol–water partition coefficient (Wildman–Crippen LogP) is 1.96. The van der Waals surface area contributed by atoms with Gasteiger partial charge < -0.3 is 4.90 Å². The molecule has 0 radical (unpaired) electrons. The lowest BCUT2D eigenvalue weighted by Gasteiger charge is -2.27. The second-order valence-corrected chi connectivity index (χ2v) is 5.27. The molecule has 5 nitrogen and oxygen atoms in total. The lowest BCUT2D eigenvalue weighted by atomic mass is 10.2. The minimum absolute atomic E-state index is 0.0693. The first kappa shape index (κ1) is 13.1. The van der Waals surface area contributed by atoms with Crippen LogP contribution in [0.4, 0.5) is 5.69 Å². The molecule has 3 heterocycles. The second kappa shape index (κ2) is 5.63. The molecule has 6 heteroatoms. The molecule has 0 spiro atoms. The molecule has 0 aromatic carbocycles. The Bertz CT molecular complexity index is 657. The summed E-state index contributed by atoms with van der Waals surface area (Å²) in [6.45, 7) is 1.52. The molecule has 0 N–H and O–H groups in total. The molecule has 104 valence electrons. The number of rotatable bonds is 3. The Kier molecular flexibility index (Phi) is 3.69. The molecular formula is C14H15ClN4O. The van der Waals surface area contributed by atoms with Gasteiger partial charge in [-0.25, -0.2) is 4.68 Å². The van der Waals surface area contributed by atoms with Gasteiger partial charge in [0.1, 0.15) is 0 Å². The minimum Gasteiger partial charge on any atom is -0.365 e. The van der Waals surface area contributed by atoms with Crippen molar-refractivity contribution in [3.05, 3.63) is 52.2 Å². The molecular weight excluding hydrogens is 276 g/mol. The van der Waals surface area contributed by atoms with E-state index in [2.05, 4.69) is 15.0 Å². The molecule has 0 aliphatic carbocycles. The van der Waals surface area contributed by atoms with E-state index in [1.807, 2.05) is 6.07 Å². The van der Waals surface area contributed by atoms with E-state index in [1.165, 1.54) is 10.7 Å². The Labute approximate surface area is 121 Å². The van der Waals surface area contributed by atoms with Crippen LogP contribution >= 0.6 is 11.6 Å². The molecule has 0 amide bonds. The standard InChI is InChI=1S/C14H15ClN4O/c15-12-9-16-7-5-13(12)18-8-2-3-11(18)10-19-14(20)4-1-6-17-19/h1,4-7,9,11H,2-3,8,10H2. The van der Waals surface area contributed by atoms with Crippen LogP contribution in [-0.2, 0) is 6.54 Å². The molecule has 1 aliphatic heterocycles. The van der Waals surface area contributed by atoms with Crippen molar-refractivity contribution in [2.45, 2.75) is 25.4 Å². The first-order valence-electron chi connectivity index (χ1n) is 6.64. The number of pyridine rings is 1. The second-order valence-electron chi connectivity index (χ2n) is 4.86. The van der Waals surface area contributed by atoms with Crippen molar-refractivity contribution in [2.24, 2.45) is 0 Å². The van der Waals surface area contributed by atoms with E-state index in [0.717, 1.165) is 25.1 Å². The molecule has 20 heavy (non-hydrogen) atoms. The van der Waals surface area contributed by atoms with Gasteiger partial charge in [-0.15, -0.1) is 0 Å². The Balaban J connectivity index is 1.85. The molecule has 1 fully saturated rings. The van der Waals surface area contributed by atoms with E-state index in [-0.39, 0.29) is 11.6 Å². The first-order valence-corrected chi connectivity index (χ1v) is 7.02. The van der Waals surface area contributed by atoms with Crippen LogP contribution in [0.25, 0.3) is 0 Å². The van der Waals surface area contributed by atoms with Crippen molar-refractivity contribution in [2.75, 3.05) is 11.4 Å². The Morgan fingerprint density at radius 1 is 1.35 bits per heavy atom. The number of hydrogen-bond acceptors (Lipinski definition) is 4. The van der Waals surface area contributed by atoms with Gasteiger partial charge in [-0.05, 0) is 25.0 Å². The van der Waals surface area contributed by atoms with Crippen LogP contribution < -0.4 is 10.5 Å².